The fourth-order valence-electron chi connectivity index (χ4n) is 1.80. The quantitative estimate of drug-likeness (QED) is 0.806. The monoisotopic (exact) mass is 252 g/mol. The lowest BCUT2D eigenvalue weighted by molar-refractivity contribution is -0.121. The van der Waals surface area contributed by atoms with Crippen molar-refractivity contribution in [2.24, 2.45) is 0 Å². The zero-order valence-electron chi connectivity index (χ0n) is 11.3. The summed E-state index contributed by atoms with van der Waals surface area (Å²) < 4.78 is 0. The summed E-state index contributed by atoms with van der Waals surface area (Å²) in [6.07, 6.45) is 0.804. The van der Waals surface area contributed by atoms with Gasteiger partial charge in [0, 0.05) is 19.3 Å². The molecule has 1 heterocycles. The molecule has 100 valence electrons. The highest BCUT2D eigenvalue weighted by Gasteiger charge is 2.22. The maximum absolute atomic E-state index is 12.4. The molecule has 0 saturated heterocycles. The first-order chi connectivity index (χ1) is 8.51. The number of hydrogen-bond acceptors (Lipinski definition) is 3. The Kier molecular flexibility index (Phi) is 4.88. The standard InChI is InChI=1S/C12H20N4O2/c1-5-6-16(7-10(17)13-4)12(18)11-8(2)14-15-9(11)3/h5-7H2,1-4H3,(H,13,17)(H,14,15). The molecule has 2 N–H and O–H groups in total. The van der Waals surface area contributed by atoms with Gasteiger partial charge in [-0.2, -0.15) is 5.10 Å². The number of carbonyl (C=O) groups is 2. The van der Waals surface area contributed by atoms with Gasteiger partial charge in [0.2, 0.25) is 5.91 Å². The van der Waals surface area contributed by atoms with Crippen molar-refractivity contribution >= 4 is 11.8 Å². The fourth-order valence-corrected chi connectivity index (χ4v) is 1.80. The Balaban J connectivity index is 2.92. The first kappa shape index (κ1) is 14.2. The topological polar surface area (TPSA) is 78.1 Å². The molecule has 6 nitrogen and oxygen atoms in total. The van der Waals surface area contributed by atoms with Crippen LogP contribution in [0.25, 0.3) is 0 Å². The zero-order chi connectivity index (χ0) is 13.7. The predicted octanol–water partition coefficient (Wildman–Crippen LogP) is 0.625. The lowest BCUT2D eigenvalue weighted by Gasteiger charge is -2.21. The van der Waals surface area contributed by atoms with E-state index in [0.29, 0.717) is 17.8 Å². The van der Waals surface area contributed by atoms with Gasteiger partial charge in [-0.05, 0) is 20.3 Å². The third kappa shape index (κ3) is 3.09. The smallest absolute Gasteiger partial charge is 0.258 e. The van der Waals surface area contributed by atoms with Crippen molar-refractivity contribution in [2.75, 3.05) is 20.1 Å². The van der Waals surface area contributed by atoms with Crippen molar-refractivity contribution in [2.45, 2.75) is 27.2 Å². The Morgan fingerprint density at radius 2 is 2.06 bits per heavy atom. The van der Waals surface area contributed by atoms with E-state index in [-0.39, 0.29) is 18.4 Å². The molecule has 2 amide bonds. The summed E-state index contributed by atoms with van der Waals surface area (Å²) in [5, 5.41) is 9.32. The van der Waals surface area contributed by atoms with Crippen LogP contribution in [0.4, 0.5) is 0 Å². The third-order valence-corrected chi connectivity index (χ3v) is 2.74. The molecule has 0 aromatic carbocycles. The molecule has 0 atom stereocenters. The molecule has 1 rings (SSSR count). The van der Waals surface area contributed by atoms with Gasteiger partial charge in [-0.3, -0.25) is 14.7 Å². The van der Waals surface area contributed by atoms with Crippen LogP contribution < -0.4 is 5.32 Å². The normalized spacial score (nSPS) is 10.2. The number of rotatable bonds is 5. The number of nitrogens with one attached hydrogen (secondary N) is 2. The summed E-state index contributed by atoms with van der Waals surface area (Å²) in [5.41, 5.74) is 1.96. The third-order valence-electron chi connectivity index (χ3n) is 2.74. The number of aromatic amines is 1. The van der Waals surface area contributed by atoms with Gasteiger partial charge >= 0.3 is 0 Å². The van der Waals surface area contributed by atoms with Crippen LogP contribution >= 0.6 is 0 Å². The second kappa shape index (κ2) is 6.18. The first-order valence-corrected chi connectivity index (χ1v) is 6.02. The second-order valence-electron chi connectivity index (χ2n) is 4.21. The van der Waals surface area contributed by atoms with Crippen LogP contribution in [0.3, 0.4) is 0 Å². The molecule has 0 aliphatic heterocycles. The molecule has 0 fully saturated rings. The van der Waals surface area contributed by atoms with Gasteiger partial charge in [-0.25, -0.2) is 0 Å². The molecular weight excluding hydrogens is 232 g/mol. The average Bonchev–Trinajstić information content (AvgIpc) is 2.67. The molecule has 18 heavy (non-hydrogen) atoms. The van der Waals surface area contributed by atoms with Crippen LogP contribution in [0.15, 0.2) is 0 Å². The van der Waals surface area contributed by atoms with Crippen LogP contribution in [-0.4, -0.2) is 47.0 Å². The Morgan fingerprint density at radius 1 is 1.39 bits per heavy atom. The number of nitrogens with zero attached hydrogens (tertiary/aromatic N) is 2. The van der Waals surface area contributed by atoms with Crippen LogP contribution in [0, 0.1) is 13.8 Å². The van der Waals surface area contributed by atoms with E-state index in [1.807, 2.05) is 6.92 Å². The Hall–Kier alpha value is -1.85. The molecule has 0 aliphatic rings. The van der Waals surface area contributed by atoms with E-state index in [1.165, 1.54) is 0 Å². The molecule has 1 aromatic heterocycles. The van der Waals surface area contributed by atoms with Gasteiger partial charge in [0.25, 0.3) is 5.91 Å². The van der Waals surface area contributed by atoms with Gasteiger partial charge in [0.05, 0.1) is 17.8 Å². The van der Waals surface area contributed by atoms with E-state index in [9.17, 15) is 9.59 Å². The molecular formula is C12H20N4O2. The minimum atomic E-state index is -0.171. The van der Waals surface area contributed by atoms with Crippen molar-refractivity contribution in [1.29, 1.82) is 0 Å². The fraction of sp³-hybridized carbons (Fsp3) is 0.583. The maximum atomic E-state index is 12.4. The van der Waals surface area contributed by atoms with E-state index in [1.54, 1.807) is 25.8 Å². The molecule has 0 aliphatic carbocycles. The predicted molar refractivity (Wildman–Crippen MR) is 68.3 cm³/mol. The van der Waals surface area contributed by atoms with Crippen LogP contribution in [0.2, 0.25) is 0 Å². The molecule has 1 aromatic rings. The molecule has 0 saturated carbocycles. The highest BCUT2D eigenvalue weighted by molar-refractivity contribution is 5.98. The maximum Gasteiger partial charge on any atom is 0.258 e. The van der Waals surface area contributed by atoms with Crippen LogP contribution in [-0.2, 0) is 4.79 Å². The minimum Gasteiger partial charge on any atom is -0.358 e. The highest BCUT2D eigenvalue weighted by atomic mass is 16.2. The van der Waals surface area contributed by atoms with Crippen LogP contribution in [0.1, 0.15) is 35.1 Å². The highest BCUT2D eigenvalue weighted by Crippen LogP contribution is 2.13. The minimum absolute atomic E-state index is 0.0766. The summed E-state index contributed by atoms with van der Waals surface area (Å²) in [6, 6.07) is 0. The van der Waals surface area contributed by atoms with Crippen molar-refractivity contribution < 1.29 is 9.59 Å². The number of aryl methyl sites for hydroxylation is 2. The van der Waals surface area contributed by atoms with Gasteiger partial charge in [-0.15, -0.1) is 0 Å². The second-order valence-corrected chi connectivity index (χ2v) is 4.21. The van der Waals surface area contributed by atoms with Gasteiger partial charge in [-0.1, -0.05) is 6.92 Å². The summed E-state index contributed by atoms with van der Waals surface area (Å²) in [4.78, 5) is 25.3. The van der Waals surface area contributed by atoms with E-state index in [2.05, 4.69) is 15.5 Å². The van der Waals surface area contributed by atoms with E-state index in [4.69, 9.17) is 0 Å². The van der Waals surface area contributed by atoms with Crippen molar-refractivity contribution in [3.05, 3.63) is 17.0 Å². The average molecular weight is 252 g/mol. The molecule has 0 unspecified atom stereocenters. The van der Waals surface area contributed by atoms with Crippen molar-refractivity contribution in [1.82, 2.24) is 20.4 Å². The number of likely N-dealkylation sites (N-methyl/N-ethyl adjacent to an activating group) is 1. The first-order valence-electron chi connectivity index (χ1n) is 6.02. The number of carbonyl (C=O) groups excluding carboxylic acids is 2. The summed E-state index contributed by atoms with van der Waals surface area (Å²) in [5.74, 6) is -0.320. The van der Waals surface area contributed by atoms with Crippen LogP contribution in [0.5, 0.6) is 0 Å². The molecule has 0 radical (unpaired) electrons. The number of hydrogen-bond donors (Lipinski definition) is 2. The van der Waals surface area contributed by atoms with Gasteiger partial charge in [0.1, 0.15) is 0 Å². The Morgan fingerprint density at radius 3 is 2.50 bits per heavy atom. The van der Waals surface area contributed by atoms with E-state index < -0.39 is 0 Å². The SMILES string of the molecule is CCCN(CC(=O)NC)C(=O)c1c(C)n[nH]c1C. The van der Waals surface area contributed by atoms with Gasteiger partial charge in [0.15, 0.2) is 0 Å². The van der Waals surface area contributed by atoms with E-state index in [0.717, 1.165) is 12.1 Å². The Bertz CT molecular complexity index is 420. The summed E-state index contributed by atoms with van der Waals surface area (Å²) >= 11 is 0. The van der Waals surface area contributed by atoms with Gasteiger partial charge < -0.3 is 10.2 Å². The van der Waals surface area contributed by atoms with Crippen molar-refractivity contribution in [3.8, 4) is 0 Å². The largest absolute Gasteiger partial charge is 0.358 e. The summed E-state index contributed by atoms with van der Waals surface area (Å²) in [6.45, 7) is 6.18. The van der Waals surface area contributed by atoms with E-state index >= 15 is 0 Å². The summed E-state index contributed by atoms with van der Waals surface area (Å²) in [7, 11) is 1.56. The number of aromatic nitrogens is 2. The van der Waals surface area contributed by atoms with Crippen molar-refractivity contribution in [3.63, 3.8) is 0 Å². The number of amides is 2. The lowest BCUT2D eigenvalue weighted by atomic mass is 10.1. The Labute approximate surface area is 107 Å². The number of H-pyrrole nitrogens is 1. The molecule has 6 heteroatoms. The molecule has 0 bridgehead atoms. The molecule has 0 spiro atoms. The zero-order valence-corrected chi connectivity index (χ0v) is 11.3. The lowest BCUT2D eigenvalue weighted by Crippen LogP contribution is -2.40.